The van der Waals surface area contributed by atoms with Crippen LogP contribution in [-0.4, -0.2) is 18.9 Å². The number of halogens is 1. The lowest BCUT2D eigenvalue weighted by Crippen LogP contribution is -2.13. The molecular weight excluding hydrogens is 404 g/mol. The van der Waals surface area contributed by atoms with Crippen molar-refractivity contribution in [1.29, 1.82) is 0 Å². The molecule has 0 aliphatic rings. The number of methoxy groups -OCH3 is 1. The van der Waals surface area contributed by atoms with Crippen molar-refractivity contribution in [3.63, 3.8) is 0 Å². The van der Waals surface area contributed by atoms with Gasteiger partial charge >= 0.3 is 0 Å². The van der Waals surface area contributed by atoms with Crippen LogP contribution < -0.4 is 15.4 Å². The van der Waals surface area contributed by atoms with Crippen LogP contribution >= 0.6 is 11.6 Å². The molecule has 4 rings (SSSR count). The topological polar surface area (TPSA) is 80.6 Å². The molecule has 3 aromatic carbocycles. The summed E-state index contributed by atoms with van der Waals surface area (Å²) in [6, 6.07) is 20.6. The average Bonchev–Trinajstić information content (AvgIpc) is 3.19. The summed E-state index contributed by atoms with van der Waals surface area (Å²) in [6.45, 7) is 0. The van der Waals surface area contributed by atoms with Crippen LogP contribution in [0.2, 0.25) is 5.02 Å². The summed E-state index contributed by atoms with van der Waals surface area (Å²) in [5.74, 6) is -0.126. The predicted molar refractivity (Wildman–Crippen MR) is 117 cm³/mol. The minimum atomic E-state index is -0.403. The molecule has 6 nitrogen and oxygen atoms in total. The number of nitrogens with one attached hydrogen (secondary N) is 2. The lowest BCUT2D eigenvalue weighted by Gasteiger charge is -2.12. The van der Waals surface area contributed by atoms with Crippen LogP contribution in [0.15, 0.2) is 77.2 Å². The van der Waals surface area contributed by atoms with Crippen molar-refractivity contribution >= 4 is 45.8 Å². The molecule has 4 aromatic rings. The zero-order chi connectivity index (χ0) is 21.1. The molecule has 0 unspecified atom stereocenters. The van der Waals surface area contributed by atoms with Gasteiger partial charge in [0.05, 0.1) is 12.8 Å². The van der Waals surface area contributed by atoms with Crippen LogP contribution in [0.3, 0.4) is 0 Å². The Morgan fingerprint density at radius 3 is 2.50 bits per heavy atom. The van der Waals surface area contributed by atoms with Crippen molar-refractivity contribution in [2.75, 3.05) is 17.7 Å². The highest BCUT2D eigenvalue weighted by molar-refractivity contribution is 6.31. The highest BCUT2D eigenvalue weighted by Gasteiger charge is 2.15. The molecule has 2 amide bonds. The van der Waals surface area contributed by atoms with Gasteiger partial charge < -0.3 is 19.8 Å². The highest BCUT2D eigenvalue weighted by atomic mass is 35.5. The van der Waals surface area contributed by atoms with Crippen molar-refractivity contribution < 1.29 is 18.7 Å². The number of hydrogen-bond donors (Lipinski definition) is 2. The standard InChI is InChI=1S/C23H17ClN2O4/c1-29-20-13-17(25-22(27)15-6-4-7-16(24)11-15)9-10-18(20)26-23(28)21-12-14-5-2-3-8-19(14)30-21/h2-13H,1H3,(H,25,27)(H,26,28). The van der Waals surface area contributed by atoms with E-state index in [0.29, 0.717) is 33.3 Å². The van der Waals surface area contributed by atoms with E-state index in [-0.39, 0.29) is 11.7 Å². The molecule has 7 heteroatoms. The summed E-state index contributed by atoms with van der Waals surface area (Å²) < 4.78 is 11.0. The SMILES string of the molecule is COc1cc(NC(=O)c2cccc(Cl)c2)ccc1NC(=O)c1cc2ccccc2o1. The summed E-state index contributed by atoms with van der Waals surface area (Å²) in [7, 11) is 1.48. The number of carbonyl (C=O) groups excluding carboxylic acids is 2. The zero-order valence-electron chi connectivity index (χ0n) is 15.9. The number of furan rings is 1. The average molecular weight is 421 g/mol. The number of anilines is 2. The van der Waals surface area contributed by atoms with Gasteiger partial charge in [0.25, 0.3) is 11.8 Å². The Labute approximate surface area is 177 Å². The van der Waals surface area contributed by atoms with Crippen molar-refractivity contribution in [1.82, 2.24) is 0 Å². The molecular formula is C23H17ClN2O4. The molecule has 0 fully saturated rings. The van der Waals surface area contributed by atoms with Crippen molar-refractivity contribution in [2.24, 2.45) is 0 Å². The predicted octanol–water partition coefficient (Wildman–Crippen LogP) is 5.60. The van der Waals surface area contributed by atoms with Crippen LogP contribution in [0.4, 0.5) is 11.4 Å². The quantitative estimate of drug-likeness (QED) is 0.440. The van der Waals surface area contributed by atoms with Gasteiger partial charge in [-0.15, -0.1) is 0 Å². The van der Waals surface area contributed by atoms with E-state index in [4.69, 9.17) is 20.8 Å². The monoisotopic (exact) mass is 420 g/mol. The number of ether oxygens (including phenoxy) is 1. The van der Waals surface area contributed by atoms with Crippen LogP contribution in [0.5, 0.6) is 5.75 Å². The number of fused-ring (bicyclic) bond motifs is 1. The number of rotatable bonds is 5. The first-order chi connectivity index (χ1) is 14.5. The van der Waals surface area contributed by atoms with E-state index >= 15 is 0 Å². The van der Waals surface area contributed by atoms with E-state index < -0.39 is 5.91 Å². The Bertz CT molecular complexity index is 1220. The Hall–Kier alpha value is -3.77. The second kappa shape index (κ2) is 8.31. The van der Waals surface area contributed by atoms with Gasteiger partial charge in [-0.2, -0.15) is 0 Å². The molecule has 0 saturated carbocycles. The second-order valence-corrected chi connectivity index (χ2v) is 6.92. The van der Waals surface area contributed by atoms with E-state index in [1.165, 1.54) is 7.11 Å². The molecule has 1 aromatic heterocycles. The fraction of sp³-hybridized carbons (Fsp3) is 0.0435. The number of benzene rings is 3. The maximum Gasteiger partial charge on any atom is 0.291 e. The fourth-order valence-electron chi connectivity index (χ4n) is 2.98. The molecule has 0 aliphatic heterocycles. The van der Waals surface area contributed by atoms with E-state index in [1.54, 1.807) is 54.6 Å². The molecule has 0 atom stereocenters. The normalized spacial score (nSPS) is 10.6. The molecule has 0 saturated heterocycles. The summed E-state index contributed by atoms with van der Waals surface area (Å²) in [5, 5.41) is 6.87. The molecule has 0 bridgehead atoms. The van der Waals surface area contributed by atoms with E-state index in [2.05, 4.69) is 10.6 Å². The first-order valence-corrected chi connectivity index (χ1v) is 9.46. The maximum absolute atomic E-state index is 12.6. The van der Waals surface area contributed by atoms with Crippen LogP contribution in [-0.2, 0) is 0 Å². The maximum atomic E-state index is 12.6. The van der Waals surface area contributed by atoms with Gasteiger partial charge in [0, 0.05) is 27.7 Å². The molecule has 0 aliphatic carbocycles. The lowest BCUT2D eigenvalue weighted by atomic mass is 10.2. The van der Waals surface area contributed by atoms with Gasteiger partial charge in [-0.25, -0.2) is 0 Å². The third-order valence-corrected chi connectivity index (χ3v) is 4.68. The first-order valence-electron chi connectivity index (χ1n) is 9.08. The second-order valence-electron chi connectivity index (χ2n) is 6.48. The number of amides is 2. The molecule has 1 heterocycles. The number of carbonyl (C=O) groups is 2. The Morgan fingerprint density at radius 2 is 1.73 bits per heavy atom. The Balaban J connectivity index is 1.51. The number of para-hydroxylation sites is 1. The number of hydrogen-bond acceptors (Lipinski definition) is 4. The van der Waals surface area contributed by atoms with Crippen LogP contribution in [0.1, 0.15) is 20.9 Å². The van der Waals surface area contributed by atoms with Gasteiger partial charge in [0.1, 0.15) is 11.3 Å². The fourth-order valence-corrected chi connectivity index (χ4v) is 3.17. The highest BCUT2D eigenvalue weighted by Crippen LogP contribution is 2.29. The summed E-state index contributed by atoms with van der Waals surface area (Å²) in [5.41, 5.74) is 2.03. The van der Waals surface area contributed by atoms with E-state index in [0.717, 1.165) is 5.39 Å². The van der Waals surface area contributed by atoms with Crippen LogP contribution in [0.25, 0.3) is 11.0 Å². The third-order valence-electron chi connectivity index (χ3n) is 4.44. The Kier molecular flexibility index (Phi) is 5.41. The molecule has 0 spiro atoms. The van der Waals surface area contributed by atoms with Gasteiger partial charge in [-0.3, -0.25) is 9.59 Å². The van der Waals surface area contributed by atoms with Crippen molar-refractivity contribution in [3.05, 3.63) is 89.1 Å². The minimum absolute atomic E-state index is 0.191. The van der Waals surface area contributed by atoms with Gasteiger partial charge in [0.2, 0.25) is 0 Å². The Morgan fingerprint density at radius 1 is 0.900 bits per heavy atom. The smallest absolute Gasteiger partial charge is 0.291 e. The van der Waals surface area contributed by atoms with Crippen molar-refractivity contribution in [2.45, 2.75) is 0 Å². The van der Waals surface area contributed by atoms with Gasteiger partial charge in [-0.05, 0) is 42.5 Å². The molecule has 150 valence electrons. The summed E-state index contributed by atoms with van der Waals surface area (Å²) in [6.07, 6.45) is 0. The van der Waals surface area contributed by atoms with E-state index in [1.807, 2.05) is 18.2 Å². The lowest BCUT2D eigenvalue weighted by molar-refractivity contribution is 0.0996. The largest absolute Gasteiger partial charge is 0.494 e. The van der Waals surface area contributed by atoms with Gasteiger partial charge in [0.15, 0.2) is 5.76 Å². The first kappa shape index (κ1) is 19.5. The third kappa shape index (κ3) is 4.14. The molecule has 0 radical (unpaired) electrons. The van der Waals surface area contributed by atoms with Crippen LogP contribution in [0, 0.1) is 0 Å². The molecule has 2 N–H and O–H groups in total. The van der Waals surface area contributed by atoms with Crippen molar-refractivity contribution in [3.8, 4) is 5.75 Å². The summed E-state index contributed by atoms with van der Waals surface area (Å²) in [4.78, 5) is 25.0. The van der Waals surface area contributed by atoms with Gasteiger partial charge in [-0.1, -0.05) is 35.9 Å². The zero-order valence-corrected chi connectivity index (χ0v) is 16.7. The van der Waals surface area contributed by atoms with E-state index in [9.17, 15) is 9.59 Å². The molecule has 30 heavy (non-hydrogen) atoms. The minimum Gasteiger partial charge on any atom is -0.494 e. The summed E-state index contributed by atoms with van der Waals surface area (Å²) >= 11 is 5.94.